The van der Waals surface area contributed by atoms with Crippen molar-refractivity contribution in [2.24, 2.45) is 0 Å². The van der Waals surface area contributed by atoms with E-state index in [1.54, 1.807) is 0 Å². The van der Waals surface area contributed by atoms with Gasteiger partial charge in [-0.25, -0.2) is 4.79 Å². The summed E-state index contributed by atoms with van der Waals surface area (Å²) in [6.45, 7) is 4.49. The Kier molecular flexibility index (Phi) is 30.2. The molecule has 0 amide bonds. The predicted octanol–water partition coefficient (Wildman–Crippen LogP) is 11.5. The summed E-state index contributed by atoms with van der Waals surface area (Å²) in [5, 5.41) is 9.44. The third-order valence-electron chi connectivity index (χ3n) is 7.76. The minimum Gasteiger partial charge on any atom is -0.479 e. The molecule has 0 heterocycles. The lowest BCUT2D eigenvalue weighted by molar-refractivity contribution is -0.164. The van der Waals surface area contributed by atoms with E-state index >= 15 is 0 Å². The molecule has 0 aliphatic carbocycles. The van der Waals surface area contributed by atoms with E-state index in [2.05, 4.69) is 26.0 Å². The molecule has 1 atom stereocenters. The molecule has 0 bridgehead atoms. The van der Waals surface area contributed by atoms with Crippen LogP contribution in [0.25, 0.3) is 0 Å². The van der Waals surface area contributed by atoms with E-state index in [1.807, 2.05) is 0 Å². The average molecular weight is 551 g/mol. The summed E-state index contributed by atoms with van der Waals surface area (Å²) in [4.78, 5) is 23.6. The molecule has 0 saturated heterocycles. The van der Waals surface area contributed by atoms with Crippen molar-refractivity contribution in [2.45, 2.75) is 200 Å². The highest BCUT2D eigenvalue weighted by atomic mass is 16.6. The van der Waals surface area contributed by atoms with Gasteiger partial charge in [0.2, 0.25) is 0 Å². The number of hydrogen-bond donors (Lipinski definition) is 1. The summed E-state index contributed by atoms with van der Waals surface area (Å²) >= 11 is 0. The van der Waals surface area contributed by atoms with Gasteiger partial charge in [-0.3, -0.25) is 4.79 Å². The summed E-state index contributed by atoms with van der Waals surface area (Å²) in [5.41, 5.74) is 0. The molecule has 0 spiro atoms. The van der Waals surface area contributed by atoms with Gasteiger partial charge in [-0.2, -0.15) is 0 Å². The second kappa shape index (κ2) is 31.2. The molecule has 39 heavy (non-hydrogen) atoms. The third kappa shape index (κ3) is 29.5. The zero-order chi connectivity index (χ0) is 28.7. The van der Waals surface area contributed by atoms with E-state index in [4.69, 9.17) is 4.74 Å². The molecule has 0 saturated carbocycles. The van der Waals surface area contributed by atoms with Gasteiger partial charge in [0.15, 0.2) is 6.10 Å². The van der Waals surface area contributed by atoms with Gasteiger partial charge < -0.3 is 9.84 Å². The highest BCUT2D eigenvalue weighted by Crippen LogP contribution is 2.16. The highest BCUT2D eigenvalue weighted by molar-refractivity contribution is 5.77. The van der Waals surface area contributed by atoms with E-state index in [-0.39, 0.29) is 5.97 Å². The molecule has 0 aliphatic heterocycles. The average Bonchev–Trinajstić information content (AvgIpc) is 2.92. The summed E-state index contributed by atoms with van der Waals surface area (Å²) in [7, 11) is 0. The minimum atomic E-state index is -1.01. The van der Waals surface area contributed by atoms with Gasteiger partial charge >= 0.3 is 11.9 Å². The largest absolute Gasteiger partial charge is 0.479 e. The van der Waals surface area contributed by atoms with E-state index in [0.717, 1.165) is 38.5 Å². The van der Waals surface area contributed by atoms with Gasteiger partial charge in [0.05, 0.1) is 0 Å². The van der Waals surface area contributed by atoms with Crippen LogP contribution in [-0.2, 0) is 14.3 Å². The number of esters is 1. The van der Waals surface area contributed by atoms with Crippen molar-refractivity contribution in [3.63, 3.8) is 0 Å². The molecule has 0 aliphatic rings. The molecule has 0 fully saturated rings. The van der Waals surface area contributed by atoms with Crippen LogP contribution in [0.5, 0.6) is 0 Å². The fourth-order valence-electron chi connectivity index (χ4n) is 5.12. The molecule has 1 N–H and O–H groups in total. The summed E-state index contributed by atoms with van der Waals surface area (Å²) < 4.78 is 5.29. The topological polar surface area (TPSA) is 63.6 Å². The van der Waals surface area contributed by atoms with Crippen molar-refractivity contribution >= 4 is 11.9 Å². The lowest BCUT2D eigenvalue weighted by atomic mass is 10.0. The van der Waals surface area contributed by atoms with Crippen molar-refractivity contribution in [1.82, 2.24) is 0 Å². The minimum absolute atomic E-state index is 0.336. The molecule has 0 rings (SSSR count). The Morgan fingerprint density at radius 1 is 0.538 bits per heavy atom. The molecule has 0 aromatic rings. The van der Waals surface area contributed by atoms with Crippen molar-refractivity contribution in [2.75, 3.05) is 0 Å². The molecule has 0 aromatic carbocycles. The van der Waals surface area contributed by atoms with Crippen LogP contribution in [0.3, 0.4) is 0 Å². The molecule has 4 nitrogen and oxygen atoms in total. The van der Waals surface area contributed by atoms with Crippen molar-refractivity contribution in [3.05, 3.63) is 12.2 Å². The van der Waals surface area contributed by atoms with Crippen LogP contribution < -0.4 is 0 Å². The number of allylic oxidation sites excluding steroid dienone is 2. The standard InChI is InChI=1S/C35H66O4/c1-3-5-7-9-11-13-15-17-18-19-20-21-23-25-27-29-31-33(35(37)38)39-34(36)32-30-28-26-24-22-16-14-12-10-8-6-4-2/h10,12,33H,3-9,11,13-32H2,1-2H3,(H,37,38)/b12-10-. The van der Waals surface area contributed by atoms with Crippen LogP contribution in [0.1, 0.15) is 194 Å². The summed E-state index contributed by atoms with van der Waals surface area (Å²) in [6, 6.07) is 0. The molecule has 4 heteroatoms. The van der Waals surface area contributed by atoms with Crippen LogP contribution in [0.15, 0.2) is 12.2 Å². The monoisotopic (exact) mass is 550 g/mol. The van der Waals surface area contributed by atoms with Gasteiger partial charge in [0.25, 0.3) is 0 Å². The fourth-order valence-corrected chi connectivity index (χ4v) is 5.12. The maximum absolute atomic E-state index is 12.1. The first kappa shape index (κ1) is 37.7. The number of ether oxygens (including phenoxy) is 1. The molecule has 0 aromatic heterocycles. The van der Waals surface area contributed by atoms with Gasteiger partial charge in [-0.15, -0.1) is 0 Å². The van der Waals surface area contributed by atoms with Crippen molar-refractivity contribution in [1.29, 1.82) is 0 Å². The number of carboxylic acid groups (broad SMARTS) is 1. The maximum atomic E-state index is 12.1. The summed E-state index contributed by atoms with van der Waals surface area (Å²) in [6.07, 6.45) is 36.7. The number of unbranched alkanes of at least 4 members (excludes halogenated alkanes) is 23. The Hall–Kier alpha value is -1.32. The van der Waals surface area contributed by atoms with Crippen LogP contribution >= 0.6 is 0 Å². The van der Waals surface area contributed by atoms with Gasteiger partial charge in [-0.1, -0.05) is 161 Å². The van der Waals surface area contributed by atoms with E-state index in [9.17, 15) is 14.7 Å². The van der Waals surface area contributed by atoms with Crippen LogP contribution in [0.4, 0.5) is 0 Å². The predicted molar refractivity (Wildman–Crippen MR) is 167 cm³/mol. The Bertz CT molecular complexity index is 557. The summed E-state index contributed by atoms with van der Waals surface area (Å²) in [5.74, 6) is -1.36. The Morgan fingerprint density at radius 3 is 1.38 bits per heavy atom. The molecular formula is C35H66O4. The smallest absolute Gasteiger partial charge is 0.345 e. The van der Waals surface area contributed by atoms with Gasteiger partial charge in [0.1, 0.15) is 0 Å². The third-order valence-corrected chi connectivity index (χ3v) is 7.76. The SMILES string of the molecule is CCCC/C=C\CCCCCCCCC(=O)OC(CCCCCCCCCCCCCCCCCC)C(=O)O. The number of carboxylic acids is 1. The van der Waals surface area contributed by atoms with Gasteiger partial charge in [-0.05, 0) is 38.5 Å². The fraction of sp³-hybridized carbons (Fsp3) is 0.886. The second-order valence-corrected chi connectivity index (χ2v) is 11.7. The first-order valence-electron chi connectivity index (χ1n) is 17.2. The Labute approximate surface area is 243 Å². The van der Waals surface area contributed by atoms with Crippen LogP contribution in [0, 0.1) is 0 Å². The molecule has 230 valence electrons. The normalized spacial score (nSPS) is 12.3. The Morgan fingerprint density at radius 2 is 0.923 bits per heavy atom. The highest BCUT2D eigenvalue weighted by Gasteiger charge is 2.21. The van der Waals surface area contributed by atoms with E-state index in [1.165, 1.54) is 128 Å². The van der Waals surface area contributed by atoms with E-state index < -0.39 is 12.1 Å². The molecule has 0 radical (unpaired) electrons. The second-order valence-electron chi connectivity index (χ2n) is 11.7. The number of rotatable bonds is 31. The lowest BCUT2D eigenvalue weighted by Gasteiger charge is -2.13. The lowest BCUT2D eigenvalue weighted by Crippen LogP contribution is -2.27. The molecule has 1 unspecified atom stereocenters. The number of carbonyl (C=O) groups is 2. The van der Waals surface area contributed by atoms with Crippen molar-refractivity contribution in [3.8, 4) is 0 Å². The Balaban J connectivity index is 3.55. The number of hydrogen-bond acceptors (Lipinski definition) is 3. The van der Waals surface area contributed by atoms with Crippen LogP contribution in [0.2, 0.25) is 0 Å². The number of carbonyl (C=O) groups excluding carboxylic acids is 1. The van der Waals surface area contributed by atoms with E-state index in [0.29, 0.717) is 12.8 Å². The zero-order valence-electron chi connectivity index (χ0n) is 26.2. The van der Waals surface area contributed by atoms with Crippen molar-refractivity contribution < 1.29 is 19.4 Å². The quantitative estimate of drug-likeness (QED) is 0.0529. The van der Waals surface area contributed by atoms with Gasteiger partial charge in [0, 0.05) is 6.42 Å². The number of aliphatic carboxylic acids is 1. The zero-order valence-corrected chi connectivity index (χ0v) is 26.2. The first-order chi connectivity index (χ1) is 19.1. The first-order valence-corrected chi connectivity index (χ1v) is 17.2. The van der Waals surface area contributed by atoms with Crippen LogP contribution in [-0.4, -0.2) is 23.1 Å². The maximum Gasteiger partial charge on any atom is 0.345 e. The molecular weight excluding hydrogens is 484 g/mol.